The molecular formula is C11H16BrNO2S. The number of hydrogen-bond acceptors (Lipinski definition) is 3. The summed E-state index contributed by atoms with van der Waals surface area (Å²) in [6.07, 6.45) is 0.450. The summed E-state index contributed by atoms with van der Waals surface area (Å²) in [5.41, 5.74) is 5.32. The Morgan fingerprint density at radius 2 is 1.75 bits per heavy atom. The summed E-state index contributed by atoms with van der Waals surface area (Å²) in [7, 11) is -3.21. The maximum atomic E-state index is 11.9. The number of nitrogens with two attached hydrogens (primary N) is 1. The second kappa shape index (κ2) is 4.85. The smallest absolute Gasteiger partial charge is 0.178 e. The van der Waals surface area contributed by atoms with Crippen molar-refractivity contribution in [2.24, 2.45) is 5.73 Å². The second-order valence-corrected chi connectivity index (χ2v) is 7.54. The van der Waals surface area contributed by atoms with Gasteiger partial charge in [-0.1, -0.05) is 15.9 Å². The first kappa shape index (κ1) is 13.7. The molecule has 0 aromatic heterocycles. The van der Waals surface area contributed by atoms with E-state index in [0.29, 0.717) is 11.3 Å². The summed E-state index contributed by atoms with van der Waals surface area (Å²) in [4.78, 5) is 0.347. The monoisotopic (exact) mass is 305 g/mol. The van der Waals surface area contributed by atoms with Crippen LogP contribution in [0.4, 0.5) is 0 Å². The number of rotatable bonds is 4. The van der Waals surface area contributed by atoms with E-state index in [1.807, 2.05) is 13.8 Å². The van der Waals surface area contributed by atoms with E-state index in [1.165, 1.54) is 0 Å². The molecule has 0 aliphatic heterocycles. The summed E-state index contributed by atoms with van der Waals surface area (Å²) >= 11 is 3.27. The topological polar surface area (TPSA) is 60.2 Å². The van der Waals surface area contributed by atoms with E-state index >= 15 is 0 Å². The fraction of sp³-hybridized carbons (Fsp3) is 0.455. The van der Waals surface area contributed by atoms with Crippen LogP contribution in [0, 0.1) is 0 Å². The van der Waals surface area contributed by atoms with Crippen LogP contribution >= 0.6 is 15.9 Å². The van der Waals surface area contributed by atoms with Crippen LogP contribution in [0.2, 0.25) is 0 Å². The molecule has 0 saturated heterocycles. The molecule has 1 aromatic carbocycles. The maximum Gasteiger partial charge on any atom is 0.178 e. The Bertz CT molecular complexity index is 446. The first-order chi connectivity index (χ1) is 7.21. The second-order valence-electron chi connectivity index (χ2n) is 4.51. The Kier molecular flexibility index (Phi) is 4.15. The summed E-state index contributed by atoms with van der Waals surface area (Å²) in [5, 5.41) is 0. The van der Waals surface area contributed by atoms with Crippen molar-refractivity contribution < 1.29 is 8.42 Å². The van der Waals surface area contributed by atoms with Crippen LogP contribution in [-0.4, -0.2) is 19.7 Å². The predicted molar refractivity (Wildman–Crippen MR) is 69.1 cm³/mol. The quantitative estimate of drug-likeness (QED) is 0.929. The zero-order valence-electron chi connectivity index (χ0n) is 9.40. The van der Waals surface area contributed by atoms with Gasteiger partial charge in [0.2, 0.25) is 0 Å². The van der Waals surface area contributed by atoms with Gasteiger partial charge in [0.1, 0.15) is 0 Å². The highest BCUT2D eigenvalue weighted by Crippen LogP contribution is 2.18. The van der Waals surface area contributed by atoms with E-state index < -0.39 is 15.4 Å². The Balaban J connectivity index is 2.83. The van der Waals surface area contributed by atoms with Gasteiger partial charge in [-0.25, -0.2) is 8.42 Å². The van der Waals surface area contributed by atoms with Crippen LogP contribution in [0.25, 0.3) is 0 Å². The van der Waals surface area contributed by atoms with Crippen molar-refractivity contribution in [2.75, 3.05) is 5.75 Å². The molecule has 0 aliphatic carbocycles. The molecule has 2 N–H and O–H groups in total. The zero-order valence-corrected chi connectivity index (χ0v) is 11.8. The van der Waals surface area contributed by atoms with Crippen LogP contribution in [0.5, 0.6) is 0 Å². The molecule has 0 unspecified atom stereocenters. The standard InChI is InChI=1S/C11H16BrNO2S/c1-11(2,13)7-8-16(14,15)10-5-3-9(12)4-6-10/h3-6H,7-8,13H2,1-2H3. The SMILES string of the molecule is CC(C)(N)CCS(=O)(=O)c1ccc(Br)cc1. The fourth-order valence-electron chi connectivity index (χ4n) is 1.16. The van der Waals surface area contributed by atoms with Gasteiger partial charge in [0.05, 0.1) is 10.6 Å². The first-order valence-corrected chi connectivity index (χ1v) is 7.42. The number of benzene rings is 1. The van der Waals surface area contributed by atoms with Crippen LogP contribution in [-0.2, 0) is 9.84 Å². The molecule has 0 atom stereocenters. The molecule has 0 bridgehead atoms. The van der Waals surface area contributed by atoms with E-state index in [1.54, 1.807) is 24.3 Å². The average molecular weight is 306 g/mol. The van der Waals surface area contributed by atoms with Crippen molar-refractivity contribution in [1.29, 1.82) is 0 Å². The zero-order chi connectivity index (χ0) is 12.4. The summed E-state index contributed by atoms with van der Waals surface area (Å²) in [6.45, 7) is 3.65. The molecule has 0 aliphatic rings. The molecule has 1 aromatic rings. The molecule has 16 heavy (non-hydrogen) atoms. The lowest BCUT2D eigenvalue weighted by Crippen LogP contribution is -2.34. The first-order valence-electron chi connectivity index (χ1n) is 4.98. The number of sulfone groups is 1. The number of hydrogen-bond donors (Lipinski definition) is 1. The molecule has 5 heteroatoms. The Hall–Kier alpha value is -0.390. The molecule has 0 amide bonds. The minimum absolute atomic E-state index is 0.0815. The van der Waals surface area contributed by atoms with Crippen molar-refractivity contribution in [3.05, 3.63) is 28.7 Å². The van der Waals surface area contributed by atoms with Gasteiger partial charge < -0.3 is 5.73 Å². The Morgan fingerprint density at radius 1 is 1.25 bits per heavy atom. The van der Waals surface area contributed by atoms with E-state index in [-0.39, 0.29) is 5.75 Å². The summed E-state index contributed by atoms with van der Waals surface area (Å²) in [6, 6.07) is 6.65. The van der Waals surface area contributed by atoms with Crippen LogP contribution in [0.1, 0.15) is 20.3 Å². The molecule has 0 heterocycles. The van der Waals surface area contributed by atoms with Crippen LogP contribution < -0.4 is 5.73 Å². The van der Waals surface area contributed by atoms with Gasteiger partial charge in [0.25, 0.3) is 0 Å². The molecule has 3 nitrogen and oxygen atoms in total. The molecule has 0 fully saturated rings. The largest absolute Gasteiger partial charge is 0.326 e. The fourth-order valence-corrected chi connectivity index (χ4v) is 3.00. The lowest BCUT2D eigenvalue weighted by atomic mass is 10.0. The minimum atomic E-state index is -3.21. The van der Waals surface area contributed by atoms with Gasteiger partial charge in [0.15, 0.2) is 9.84 Å². The van der Waals surface area contributed by atoms with E-state index in [0.717, 1.165) is 4.47 Å². The van der Waals surface area contributed by atoms with Gasteiger partial charge in [-0.2, -0.15) is 0 Å². The predicted octanol–water partition coefficient (Wildman–Crippen LogP) is 2.35. The molecule has 0 radical (unpaired) electrons. The Morgan fingerprint density at radius 3 is 2.19 bits per heavy atom. The van der Waals surface area contributed by atoms with Crippen molar-refractivity contribution in [1.82, 2.24) is 0 Å². The highest BCUT2D eigenvalue weighted by Gasteiger charge is 2.19. The van der Waals surface area contributed by atoms with Gasteiger partial charge in [-0.3, -0.25) is 0 Å². The summed E-state index contributed by atoms with van der Waals surface area (Å²) in [5.74, 6) is 0.0815. The number of halogens is 1. The third kappa shape index (κ3) is 4.23. The molecule has 90 valence electrons. The highest BCUT2D eigenvalue weighted by atomic mass is 79.9. The normalized spacial score (nSPS) is 12.8. The van der Waals surface area contributed by atoms with Crippen molar-refractivity contribution in [3.63, 3.8) is 0 Å². The molecule has 1 rings (SSSR count). The van der Waals surface area contributed by atoms with Crippen molar-refractivity contribution >= 4 is 25.8 Å². The van der Waals surface area contributed by atoms with Gasteiger partial charge in [-0.05, 0) is 44.5 Å². The van der Waals surface area contributed by atoms with Gasteiger partial charge in [-0.15, -0.1) is 0 Å². The van der Waals surface area contributed by atoms with Crippen molar-refractivity contribution in [2.45, 2.75) is 30.7 Å². The lowest BCUT2D eigenvalue weighted by Gasteiger charge is -2.17. The van der Waals surface area contributed by atoms with E-state index in [4.69, 9.17) is 5.73 Å². The van der Waals surface area contributed by atoms with Gasteiger partial charge >= 0.3 is 0 Å². The minimum Gasteiger partial charge on any atom is -0.326 e. The molecular weight excluding hydrogens is 290 g/mol. The van der Waals surface area contributed by atoms with Crippen LogP contribution in [0.3, 0.4) is 0 Å². The molecule has 0 saturated carbocycles. The average Bonchev–Trinajstić information content (AvgIpc) is 2.15. The highest BCUT2D eigenvalue weighted by molar-refractivity contribution is 9.10. The third-order valence-electron chi connectivity index (χ3n) is 2.19. The van der Waals surface area contributed by atoms with Crippen molar-refractivity contribution in [3.8, 4) is 0 Å². The maximum absolute atomic E-state index is 11.9. The molecule has 0 spiro atoms. The van der Waals surface area contributed by atoms with Crippen LogP contribution in [0.15, 0.2) is 33.6 Å². The Labute approximate surface area is 105 Å². The third-order valence-corrected chi connectivity index (χ3v) is 4.45. The lowest BCUT2D eigenvalue weighted by molar-refractivity contribution is 0.495. The van der Waals surface area contributed by atoms with E-state index in [2.05, 4.69) is 15.9 Å². The van der Waals surface area contributed by atoms with E-state index in [9.17, 15) is 8.42 Å². The summed E-state index contributed by atoms with van der Waals surface area (Å²) < 4.78 is 24.7. The van der Waals surface area contributed by atoms with Gasteiger partial charge in [0, 0.05) is 10.0 Å².